The molecule has 0 aliphatic heterocycles. The van der Waals surface area contributed by atoms with Crippen LogP contribution >= 0.6 is 0 Å². The van der Waals surface area contributed by atoms with Crippen LogP contribution in [0.5, 0.6) is 0 Å². The normalized spacial score (nSPS) is 8.93. The highest BCUT2D eigenvalue weighted by Crippen LogP contribution is 1.92. The van der Waals surface area contributed by atoms with Crippen LogP contribution in [0.1, 0.15) is 19.0 Å². The highest BCUT2D eigenvalue weighted by molar-refractivity contribution is 4.99. The molecule has 1 heterocycles. The first-order valence-corrected chi connectivity index (χ1v) is 4.79. The molecule has 74 valence electrons. The Hall–Kier alpha value is -1.64. The Bertz CT molecular complexity index is 276. The number of nitrogens with zero attached hydrogens (tertiary/aromatic N) is 2. The van der Waals surface area contributed by atoms with Crippen LogP contribution in [0.15, 0.2) is 42.6 Å². The molecule has 2 rings (SSSR count). The molecule has 0 bridgehead atoms. The molecule has 3 nitrogen and oxygen atoms in total. The Balaban J connectivity index is 0.000000146. The lowest BCUT2D eigenvalue weighted by Gasteiger charge is -1.82. The van der Waals surface area contributed by atoms with Crippen molar-refractivity contribution in [3.63, 3.8) is 0 Å². The average Bonchev–Trinajstić information content (AvgIpc) is 2.75. The Morgan fingerprint density at radius 1 is 1.07 bits per heavy atom. The van der Waals surface area contributed by atoms with Gasteiger partial charge in [-0.15, -0.1) is 5.10 Å². The van der Waals surface area contributed by atoms with Gasteiger partial charge >= 0.3 is 0 Å². The molecule has 2 aromatic rings. The summed E-state index contributed by atoms with van der Waals surface area (Å²) >= 11 is 0. The minimum absolute atomic E-state index is 1.02. The van der Waals surface area contributed by atoms with Crippen LogP contribution in [-0.4, -0.2) is 15.4 Å². The molecular weight excluding hydrogens is 174 g/mol. The molecule has 1 aromatic heterocycles. The summed E-state index contributed by atoms with van der Waals surface area (Å²) in [5, 5.41) is 10.0. The molecule has 0 atom stereocenters. The quantitative estimate of drug-likeness (QED) is 0.788. The first kappa shape index (κ1) is 10.4. The lowest BCUT2D eigenvalue weighted by atomic mass is 10.3. The van der Waals surface area contributed by atoms with Crippen molar-refractivity contribution >= 4 is 0 Å². The predicted octanol–water partition coefficient (Wildman–Crippen LogP) is 2.44. The highest BCUT2D eigenvalue weighted by atomic mass is 15.3. The minimum atomic E-state index is 1.02. The van der Waals surface area contributed by atoms with Gasteiger partial charge < -0.3 is 0 Å². The fourth-order valence-corrected chi connectivity index (χ4v) is 0.989. The Kier molecular flexibility index (Phi) is 5.09. The smallest absolute Gasteiger partial charge is 0.0824 e. The summed E-state index contributed by atoms with van der Waals surface area (Å²) < 4.78 is 0. The first-order valence-electron chi connectivity index (χ1n) is 4.79. The van der Waals surface area contributed by atoms with Gasteiger partial charge in [0.15, 0.2) is 0 Å². The van der Waals surface area contributed by atoms with Gasteiger partial charge in [-0.3, -0.25) is 5.10 Å². The van der Waals surface area contributed by atoms with Crippen LogP contribution in [0.3, 0.4) is 0 Å². The number of hydrogen-bond donors (Lipinski definition) is 1. The molecule has 0 spiro atoms. The van der Waals surface area contributed by atoms with E-state index >= 15 is 0 Å². The van der Waals surface area contributed by atoms with Crippen LogP contribution in [0.25, 0.3) is 0 Å². The summed E-state index contributed by atoms with van der Waals surface area (Å²) in [5.41, 5.74) is 1.05. The molecule has 1 N–H and O–H groups in total. The molecule has 0 amide bonds. The van der Waals surface area contributed by atoms with Gasteiger partial charge in [-0.2, -0.15) is 0 Å². The van der Waals surface area contributed by atoms with Gasteiger partial charge in [0, 0.05) is 6.20 Å². The fourth-order valence-electron chi connectivity index (χ4n) is 0.989. The molecule has 0 aliphatic carbocycles. The Labute approximate surface area is 84.2 Å². The molecule has 0 saturated carbocycles. The van der Waals surface area contributed by atoms with E-state index in [-0.39, 0.29) is 0 Å². The van der Waals surface area contributed by atoms with E-state index in [4.69, 9.17) is 0 Å². The maximum atomic E-state index is 3.80. The van der Waals surface area contributed by atoms with E-state index in [9.17, 15) is 0 Å². The number of hydrogen-bond acceptors (Lipinski definition) is 2. The van der Waals surface area contributed by atoms with Crippen molar-refractivity contribution in [2.75, 3.05) is 0 Å². The largest absolute Gasteiger partial charge is 0.265 e. The van der Waals surface area contributed by atoms with Crippen molar-refractivity contribution < 1.29 is 0 Å². The van der Waals surface area contributed by atoms with E-state index in [1.54, 1.807) is 0 Å². The Morgan fingerprint density at radius 3 is 2.00 bits per heavy atom. The number of rotatable bonds is 2. The standard InChI is InChI=1S/C6H6.C5H9N3/c1-2-4-6-5-3-1;1-2-3-5-4-6-8-7-5/h1-6H;4H,2-3H2,1H3,(H,6,7,8). The maximum absolute atomic E-state index is 3.80. The minimum Gasteiger partial charge on any atom is -0.265 e. The summed E-state index contributed by atoms with van der Waals surface area (Å²) in [6.45, 7) is 2.12. The molecule has 14 heavy (non-hydrogen) atoms. The van der Waals surface area contributed by atoms with Gasteiger partial charge in [-0.05, 0) is 6.42 Å². The molecule has 0 aliphatic rings. The van der Waals surface area contributed by atoms with Crippen LogP contribution in [0, 0.1) is 0 Å². The third kappa shape index (κ3) is 4.40. The topological polar surface area (TPSA) is 41.6 Å². The monoisotopic (exact) mass is 189 g/mol. The van der Waals surface area contributed by atoms with Crippen LogP contribution < -0.4 is 0 Å². The third-order valence-electron chi connectivity index (χ3n) is 1.64. The van der Waals surface area contributed by atoms with Gasteiger partial charge in [0.1, 0.15) is 0 Å². The van der Waals surface area contributed by atoms with E-state index in [1.807, 2.05) is 42.6 Å². The molecule has 0 unspecified atom stereocenters. The van der Waals surface area contributed by atoms with Gasteiger partial charge in [0.2, 0.25) is 0 Å². The van der Waals surface area contributed by atoms with Crippen molar-refractivity contribution in [3.8, 4) is 0 Å². The van der Waals surface area contributed by atoms with E-state index in [2.05, 4.69) is 22.3 Å². The first-order chi connectivity index (χ1) is 6.93. The lowest BCUT2D eigenvalue weighted by Crippen LogP contribution is -1.80. The predicted molar refractivity (Wildman–Crippen MR) is 56.8 cm³/mol. The summed E-state index contributed by atoms with van der Waals surface area (Å²) in [4.78, 5) is 0. The van der Waals surface area contributed by atoms with Crippen molar-refractivity contribution in [1.29, 1.82) is 0 Å². The summed E-state index contributed by atoms with van der Waals surface area (Å²) in [6, 6.07) is 12.0. The van der Waals surface area contributed by atoms with Gasteiger partial charge in [0.25, 0.3) is 0 Å². The number of aryl methyl sites for hydroxylation is 1. The average molecular weight is 189 g/mol. The number of aromatic nitrogens is 3. The second-order valence-electron chi connectivity index (χ2n) is 2.87. The van der Waals surface area contributed by atoms with Gasteiger partial charge in [-0.1, -0.05) is 55.0 Å². The fraction of sp³-hybridized carbons (Fsp3) is 0.273. The number of H-pyrrole nitrogens is 1. The number of nitrogens with one attached hydrogen (secondary N) is 1. The highest BCUT2D eigenvalue weighted by Gasteiger charge is 1.89. The zero-order valence-corrected chi connectivity index (χ0v) is 8.35. The van der Waals surface area contributed by atoms with Gasteiger partial charge in [0.05, 0.1) is 5.69 Å². The van der Waals surface area contributed by atoms with Crippen LogP contribution in [0.2, 0.25) is 0 Å². The number of benzene rings is 1. The molecule has 0 radical (unpaired) electrons. The zero-order chi connectivity index (χ0) is 10.1. The zero-order valence-electron chi connectivity index (χ0n) is 8.35. The molecule has 1 aromatic carbocycles. The van der Waals surface area contributed by atoms with E-state index in [0.29, 0.717) is 0 Å². The van der Waals surface area contributed by atoms with Crippen molar-refractivity contribution in [3.05, 3.63) is 48.3 Å². The van der Waals surface area contributed by atoms with E-state index in [0.717, 1.165) is 18.5 Å². The van der Waals surface area contributed by atoms with Gasteiger partial charge in [-0.25, -0.2) is 0 Å². The second-order valence-corrected chi connectivity index (χ2v) is 2.87. The summed E-state index contributed by atoms with van der Waals surface area (Å²) in [5.74, 6) is 0. The molecule has 0 fully saturated rings. The van der Waals surface area contributed by atoms with E-state index < -0.39 is 0 Å². The summed E-state index contributed by atoms with van der Waals surface area (Å²) in [7, 11) is 0. The number of aromatic amines is 1. The van der Waals surface area contributed by atoms with Crippen LogP contribution in [-0.2, 0) is 6.42 Å². The third-order valence-corrected chi connectivity index (χ3v) is 1.64. The van der Waals surface area contributed by atoms with Crippen molar-refractivity contribution in [2.45, 2.75) is 19.8 Å². The SMILES string of the molecule is CCCc1c[nH]nn1.c1ccccc1. The Morgan fingerprint density at radius 2 is 1.64 bits per heavy atom. The molecule has 3 heteroatoms. The molecule has 0 saturated heterocycles. The van der Waals surface area contributed by atoms with Crippen molar-refractivity contribution in [1.82, 2.24) is 15.4 Å². The summed E-state index contributed by atoms with van der Waals surface area (Å²) in [6.07, 6.45) is 3.98. The maximum Gasteiger partial charge on any atom is 0.0824 e. The second kappa shape index (κ2) is 6.83. The van der Waals surface area contributed by atoms with Crippen LogP contribution in [0.4, 0.5) is 0 Å². The van der Waals surface area contributed by atoms with E-state index in [1.165, 1.54) is 0 Å². The molecular formula is C11H15N3. The lowest BCUT2D eigenvalue weighted by molar-refractivity contribution is 0.853. The van der Waals surface area contributed by atoms with Crippen molar-refractivity contribution in [2.24, 2.45) is 0 Å².